The fraction of sp³-hybridized carbons (Fsp3) is 0.250. The van der Waals surface area contributed by atoms with E-state index in [2.05, 4.69) is 5.32 Å². The number of benzene rings is 2. The summed E-state index contributed by atoms with van der Waals surface area (Å²) in [6.07, 6.45) is 3.19. The van der Waals surface area contributed by atoms with Gasteiger partial charge in [0.15, 0.2) is 5.78 Å². The quantitative estimate of drug-likeness (QED) is 0.476. The van der Waals surface area contributed by atoms with Gasteiger partial charge in [-0.3, -0.25) is 24.1 Å². The van der Waals surface area contributed by atoms with Crippen LogP contribution in [-0.2, 0) is 9.59 Å². The van der Waals surface area contributed by atoms with Gasteiger partial charge in [0, 0.05) is 16.8 Å². The number of fused-ring (bicyclic) bond motifs is 1. The van der Waals surface area contributed by atoms with Crippen molar-refractivity contribution in [1.29, 1.82) is 0 Å². The van der Waals surface area contributed by atoms with E-state index in [4.69, 9.17) is 0 Å². The second kappa shape index (κ2) is 7.71. The van der Waals surface area contributed by atoms with Crippen LogP contribution in [0.2, 0.25) is 0 Å². The molecule has 4 rings (SSSR count). The van der Waals surface area contributed by atoms with E-state index in [1.165, 1.54) is 11.8 Å². The zero-order valence-electron chi connectivity index (χ0n) is 16.8. The molecule has 1 heterocycles. The lowest BCUT2D eigenvalue weighted by molar-refractivity contribution is -0.122. The smallest absolute Gasteiger partial charge is 0.255 e. The summed E-state index contributed by atoms with van der Waals surface area (Å²) < 4.78 is 0. The van der Waals surface area contributed by atoms with Gasteiger partial charge in [-0.1, -0.05) is 29.8 Å². The minimum absolute atomic E-state index is 0.0923. The normalized spacial score (nSPS) is 20.6. The van der Waals surface area contributed by atoms with Gasteiger partial charge in [-0.25, -0.2) is 0 Å². The number of anilines is 2. The molecule has 0 aromatic heterocycles. The van der Waals surface area contributed by atoms with Gasteiger partial charge in [-0.15, -0.1) is 0 Å². The molecule has 6 heteroatoms. The van der Waals surface area contributed by atoms with Crippen LogP contribution in [0.1, 0.15) is 47.4 Å². The third-order valence-electron chi connectivity index (χ3n) is 5.72. The van der Waals surface area contributed by atoms with E-state index in [-0.39, 0.29) is 35.3 Å². The van der Waals surface area contributed by atoms with Crippen molar-refractivity contribution < 1.29 is 19.2 Å². The summed E-state index contributed by atoms with van der Waals surface area (Å²) in [6, 6.07) is 13.2. The Morgan fingerprint density at radius 2 is 1.67 bits per heavy atom. The van der Waals surface area contributed by atoms with Crippen LogP contribution in [0.4, 0.5) is 11.4 Å². The number of hydrogen-bond acceptors (Lipinski definition) is 4. The number of hydrogen-bond donors (Lipinski definition) is 1. The molecule has 30 heavy (non-hydrogen) atoms. The van der Waals surface area contributed by atoms with Crippen LogP contribution < -0.4 is 10.2 Å². The van der Waals surface area contributed by atoms with E-state index in [0.717, 1.165) is 5.57 Å². The minimum Gasteiger partial charge on any atom is -0.322 e. The molecule has 0 saturated carbocycles. The lowest BCUT2D eigenvalue weighted by Crippen LogP contribution is -2.31. The van der Waals surface area contributed by atoms with Gasteiger partial charge in [0.05, 0.1) is 17.5 Å². The summed E-state index contributed by atoms with van der Waals surface area (Å²) >= 11 is 0. The van der Waals surface area contributed by atoms with Gasteiger partial charge in [-0.05, 0) is 57.0 Å². The van der Waals surface area contributed by atoms with E-state index in [0.29, 0.717) is 35.3 Å². The molecule has 2 aromatic rings. The SMILES string of the molecule is CC(=O)c1cccc(NC(=O)c2cccc(N3C(=O)[C@@H]4CC=C(C)C[C@H]4C3=O)c2)c1. The molecule has 2 aliphatic rings. The van der Waals surface area contributed by atoms with Crippen molar-refractivity contribution in [2.75, 3.05) is 10.2 Å². The molecule has 2 atom stereocenters. The van der Waals surface area contributed by atoms with E-state index in [1.54, 1.807) is 48.5 Å². The molecule has 1 saturated heterocycles. The Balaban J connectivity index is 1.57. The van der Waals surface area contributed by atoms with Crippen LogP contribution in [0.5, 0.6) is 0 Å². The molecule has 6 nitrogen and oxygen atoms in total. The first-order valence-electron chi connectivity index (χ1n) is 9.91. The summed E-state index contributed by atoms with van der Waals surface area (Å²) in [5.74, 6) is -1.54. The predicted octanol–water partition coefficient (Wildman–Crippen LogP) is 3.99. The van der Waals surface area contributed by atoms with Crippen molar-refractivity contribution in [3.63, 3.8) is 0 Å². The number of ketones is 1. The average Bonchev–Trinajstić information content (AvgIpc) is 2.98. The largest absolute Gasteiger partial charge is 0.322 e. The second-order valence-corrected chi connectivity index (χ2v) is 7.86. The zero-order valence-corrected chi connectivity index (χ0v) is 16.8. The Labute approximate surface area is 174 Å². The highest BCUT2D eigenvalue weighted by atomic mass is 16.2. The van der Waals surface area contributed by atoms with Gasteiger partial charge < -0.3 is 5.32 Å². The number of nitrogens with one attached hydrogen (secondary N) is 1. The van der Waals surface area contributed by atoms with Crippen LogP contribution in [-0.4, -0.2) is 23.5 Å². The standard InChI is InChI=1S/C24H22N2O4/c1-14-9-10-20-21(11-14)24(30)26(23(20)29)19-8-4-6-17(13-19)22(28)25-18-7-3-5-16(12-18)15(2)27/h3-9,12-13,20-21H,10-11H2,1-2H3,(H,25,28)/t20-,21-/m1/s1. The Morgan fingerprint density at radius 1 is 0.967 bits per heavy atom. The van der Waals surface area contributed by atoms with Crippen LogP contribution in [0.3, 0.4) is 0 Å². The maximum absolute atomic E-state index is 12.9. The molecule has 1 fully saturated rings. The molecule has 0 radical (unpaired) electrons. The van der Waals surface area contributed by atoms with Crippen LogP contribution in [0.15, 0.2) is 60.2 Å². The molecule has 152 valence electrons. The summed E-state index contributed by atoms with van der Waals surface area (Å²) in [7, 11) is 0. The van der Waals surface area contributed by atoms with Gasteiger partial charge >= 0.3 is 0 Å². The Hall–Kier alpha value is -3.54. The zero-order chi connectivity index (χ0) is 21.4. The molecular weight excluding hydrogens is 380 g/mol. The Morgan fingerprint density at radius 3 is 2.43 bits per heavy atom. The molecule has 2 aromatic carbocycles. The number of amides is 3. The number of rotatable bonds is 4. The first-order valence-corrected chi connectivity index (χ1v) is 9.91. The number of Topliss-reactive ketones (excluding diaryl/α,β-unsaturated/α-hetero) is 1. The predicted molar refractivity (Wildman–Crippen MR) is 113 cm³/mol. The van der Waals surface area contributed by atoms with Crippen molar-refractivity contribution in [3.8, 4) is 0 Å². The van der Waals surface area contributed by atoms with E-state index < -0.39 is 0 Å². The van der Waals surface area contributed by atoms with Gasteiger partial charge in [-0.2, -0.15) is 0 Å². The van der Waals surface area contributed by atoms with Crippen molar-refractivity contribution >= 4 is 34.9 Å². The number of carbonyl (C=O) groups is 4. The maximum Gasteiger partial charge on any atom is 0.255 e. The highest BCUT2D eigenvalue weighted by Crippen LogP contribution is 2.39. The highest BCUT2D eigenvalue weighted by Gasteiger charge is 2.48. The number of allylic oxidation sites excluding steroid dienone is 2. The first-order chi connectivity index (χ1) is 14.3. The lowest BCUT2D eigenvalue weighted by Gasteiger charge is -2.18. The summed E-state index contributed by atoms with van der Waals surface area (Å²) in [5.41, 5.74) is 2.85. The topological polar surface area (TPSA) is 83.6 Å². The fourth-order valence-corrected chi connectivity index (χ4v) is 4.10. The summed E-state index contributed by atoms with van der Waals surface area (Å²) in [6.45, 7) is 3.44. The maximum atomic E-state index is 12.9. The van der Waals surface area contributed by atoms with Crippen LogP contribution in [0, 0.1) is 11.8 Å². The van der Waals surface area contributed by atoms with Crippen LogP contribution >= 0.6 is 0 Å². The van der Waals surface area contributed by atoms with Crippen molar-refractivity contribution in [1.82, 2.24) is 0 Å². The second-order valence-electron chi connectivity index (χ2n) is 7.86. The average molecular weight is 402 g/mol. The molecule has 3 amide bonds. The number of carbonyl (C=O) groups excluding carboxylic acids is 4. The van der Waals surface area contributed by atoms with E-state index >= 15 is 0 Å². The monoisotopic (exact) mass is 402 g/mol. The molecule has 0 spiro atoms. The Kier molecular flexibility index (Phi) is 5.08. The molecule has 1 aliphatic heterocycles. The molecule has 1 N–H and O–H groups in total. The van der Waals surface area contributed by atoms with Gasteiger partial charge in [0.25, 0.3) is 5.91 Å². The third kappa shape index (κ3) is 3.56. The number of nitrogens with zero attached hydrogens (tertiary/aromatic N) is 1. The van der Waals surface area contributed by atoms with E-state index in [9.17, 15) is 19.2 Å². The lowest BCUT2D eigenvalue weighted by atomic mass is 9.82. The fourth-order valence-electron chi connectivity index (χ4n) is 4.10. The highest BCUT2D eigenvalue weighted by molar-refractivity contribution is 6.22. The third-order valence-corrected chi connectivity index (χ3v) is 5.72. The van der Waals surface area contributed by atoms with Crippen molar-refractivity contribution in [2.24, 2.45) is 11.8 Å². The van der Waals surface area contributed by atoms with Gasteiger partial charge in [0.2, 0.25) is 11.8 Å². The van der Waals surface area contributed by atoms with Crippen LogP contribution in [0.25, 0.3) is 0 Å². The summed E-state index contributed by atoms with van der Waals surface area (Å²) in [4.78, 5) is 51.3. The molecular formula is C24H22N2O4. The number of imide groups is 1. The molecule has 0 unspecified atom stereocenters. The van der Waals surface area contributed by atoms with E-state index in [1.807, 2.05) is 13.0 Å². The van der Waals surface area contributed by atoms with Crippen molar-refractivity contribution in [3.05, 3.63) is 71.3 Å². The summed E-state index contributed by atoms with van der Waals surface area (Å²) in [5, 5.41) is 2.76. The van der Waals surface area contributed by atoms with Crippen molar-refractivity contribution in [2.45, 2.75) is 26.7 Å². The first kappa shape index (κ1) is 19.8. The Bertz CT molecular complexity index is 1100. The molecule has 1 aliphatic carbocycles. The molecule has 0 bridgehead atoms. The minimum atomic E-state index is -0.383. The van der Waals surface area contributed by atoms with Gasteiger partial charge in [0.1, 0.15) is 0 Å².